The lowest BCUT2D eigenvalue weighted by molar-refractivity contribution is -0.118. The maximum absolute atomic E-state index is 13.0. The largest absolute Gasteiger partial charge is 0.376 e. The second kappa shape index (κ2) is 7.21. The minimum absolute atomic E-state index is 0.0353. The summed E-state index contributed by atoms with van der Waals surface area (Å²) < 4.78 is 0. The standard InChI is InChI=1S/C19H22N4OS/c1-22(2)12-18(24)23-16-6-4-3-5-13(16)7-8-14-9-10-15(11-17(14)23)21-19(20)25/h3-6,9-11H,7-8,12H2,1-2H3,(H3,20,21,25). The van der Waals surface area contributed by atoms with Crippen LogP contribution in [0.5, 0.6) is 0 Å². The molecule has 130 valence electrons. The highest BCUT2D eigenvalue weighted by atomic mass is 32.1. The van der Waals surface area contributed by atoms with E-state index in [1.165, 1.54) is 5.56 Å². The van der Waals surface area contributed by atoms with E-state index in [4.69, 9.17) is 18.0 Å². The fraction of sp³-hybridized carbons (Fsp3) is 0.263. The molecule has 25 heavy (non-hydrogen) atoms. The van der Waals surface area contributed by atoms with Crippen molar-refractivity contribution in [3.05, 3.63) is 53.6 Å². The van der Waals surface area contributed by atoms with E-state index in [0.29, 0.717) is 6.54 Å². The molecular formula is C19H22N4OS. The van der Waals surface area contributed by atoms with Crippen LogP contribution in [0.25, 0.3) is 0 Å². The van der Waals surface area contributed by atoms with Gasteiger partial charge in [0.05, 0.1) is 17.9 Å². The fourth-order valence-electron chi connectivity index (χ4n) is 3.15. The number of fused-ring (bicyclic) bond motifs is 2. The molecule has 0 aliphatic carbocycles. The summed E-state index contributed by atoms with van der Waals surface area (Å²) in [6.07, 6.45) is 1.78. The molecule has 0 saturated carbocycles. The van der Waals surface area contributed by atoms with Gasteiger partial charge in [0.15, 0.2) is 5.11 Å². The molecule has 0 radical (unpaired) electrons. The SMILES string of the molecule is CN(C)CC(=O)N1c2ccccc2CCc2ccc(NC(N)=S)cc21. The Bertz CT molecular complexity index is 819. The number of carbonyl (C=O) groups is 1. The Hall–Kier alpha value is -2.44. The van der Waals surface area contributed by atoms with Gasteiger partial charge in [-0.25, -0.2) is 0 Å². The van der Waals surface area contributed by atoms with Gasteiger partial charge in [-0.2, -0.15) is 0 Å². The number of benzene rings is 2. The maximum atomic E-state index is 13.0. The van der Waals surface area contributed by atoms with E-state index in [9.17, 15) is 4.79 Å². The Balaban J connectivity index is 2.13. The molecule has 0 spiro atoms. The van der Waals surface area contributed by atoms with Crippen LogP contribution in [0, 0.1) is 0 Å². The number of anilines is 3. The highest BCUT2D eigenvalue weighted by molar-refractivity contribution is 7.80. The van der Waals surface area contributed by atoms with Crippen LogP contribution in [-0.4, -0.2) is 36.6 Å². The Labute approximate surface area is 153 Å². The van der Waals surface area contributed by atoms with Gasteiger partial charge in [-0.1, -0.05) is 24.3 Å². The lowest BCUT2D eigenvalue weighted by atomic mass is 10.0. The molecule has 6 heteroatoms. The third-order valence-electron chi connectivity index (χ3n) is 4.19. The molecule has 0 unspecified atom stereocenters. The minimum atomic E-state index is 0.0353. The van der Waals surface area contributed by atoms with Gasteiger partial charge in [0.2, 0.25) is 5.91 Å². The number of hydrogen-bond acceptors (Lipinski definition) is 3. The summed E-state index contributed by atoms with van der Waals surface area (Å²) in [5.41, 5.74) is 10.5. The van der Waals surface area contributed by atoms with Crippen LogP contribution >= 0.6 is 12.2 Å². The summed E-state index contributed by atoms with van der Waals surface area (Å²) in [7, 11) is 3.79. The summed E-state index contributed by atoms with van der Waals surface area (Å²) in [4.78, 5) is 16.7. The van der Waals surface area contributed by atoms with Crippen molar-refractivity contribution in [2.24, 2.45) is 5.73 Å². The molecule has 1 aliphatic rings. The third-order valence-corrected chi connectivity index (χ3v) is 4.29. The molecule has 0 atom stereocenters. The first-order valence-corrected chi connectivity index (χ1v) is 8.61. The predicted octanol–water partition coefficient (Wildman–Crippen LogP) is 2.67. The second-order valence-corrected chi connectivity index (χ2v) is 6.87. The van der Waals surface area contributed by atoms with Gasteiger partial charge in [0.1, 0.15) is 0 Å². The van der Waals surface area contributed by atoms with Crippen LogP contribution in [-0.2, 0) is 17.6 Å². The minimum Gasteiger partial charge on any atom is -0.376 e. The summed E-state index contributed by atoms with van der Waals surface area (Å²) in [6, 6.07) is 14.0. The van der Waals surface area contributed by atoms with Crippen LogP contribution in [0.2, 0.25) is 0 Å². The number of likely N-dealkylation sites (N-methyl/N-ethyl adjacent to an activating group) is 1. The van der Waals surface area contributed by atoms with Crippen LogP contribution < -0.4 is 16.0 Å². The van der Waals surface area contributed by atoms with Gasteiger partial charge >= 0.3 is 0 Å². The quantitative estimate of drug-likeness (QED) is 0.830. The number of hydrogen-bond donors (Lipinski definition) is 2. The van der Waals surface area contributed by atoms with Crippen molar-refractivity contribution in [2.75, 3.05) is 30.9 Å². The number of carbonyl (C=O) groups excluding carboxylic acids is 1. The summed E-state index contributed by atoms with van der Waals surface area (Å²) in [5, 5.41) is 3.17. The number of nitrogens with zero attached hydrogens (tertiary/aromatic N) is 2. The third kappa shape index (κ3) is 3.81. The van der Waals surface area contributed by atoms with Crippen LogP contribution in [0.1, 0.15) is 11.1 Å². The monoisotopic (exact) mass is 354 g/mol. The van der Waals surface area contributed by atoms with Crippen molar-refractivity contribution in [2.45, 2.75) is 12.8 Å². The molecule has 0 aromatic heterocycles. The Morgan fingerprint density at radius 2 is 1.84 bits per heavy atom. The summed E-state index contributed by atoms with van der Waals surface area (Å²) in [6.45, 7) is 0.334. The Kier molecular flexibility index (Phi) is 5.01. The number of para-hydroxylation sites is 1. The van der Waals surface area contributed by atoms with Crippen LogP contribution in [0.3, 0.4) is 0 Å². The Morgan fingerprint density at radius 1 is 1.16 bits per heavy atom. The zero-order chi connectivity index (χ0) is 18.0. The van der Waals surface area contributed by atoms with Gasteiger partial charge in [0.25, 0.3) is 0 Å². The number of aryl methyl sites for hydroxylation is 2. The molecule has 0 bridgehead atoms. The first-order chi connectivity index (χ1) is 12.0. The van der Waals surface area contributed by atoms with Gasteiger partial charge in [-0.3, -0.25) is 9.69 Å². The fourth-order valence-corrected chi connectivity index (χ4v) is 3.27. The molecule has 0 saturated heterocycles. The average Bonchev–Trinajstić information content (AvgIpc) is 2.70. The van der Waals surface area contributed by atoms with Crippen LogP contribution in [0.4, 0.5) is 17.1 Å². The maximum Gasteiger partial charge on any atom is 0.245 e. The number of nitrogens with two attached hydrogens (primary N) is 1. The van der Waals surface area contributed by atoms with E-state index in [1.807, 2.05) is 60.3 Å². The van der Waals surface area contributed by atoms with Crippen molar-refractivity contribution < 1.29 is 4.79 Å². The average molecular weight is 354 g/mol. The zero-order valence-electron chi connectivity index (χ0n) is 14.5. The molecule has 3 rings (SSSR count). The zero-order valence-corrected chi connectivity index (χ0v) is 15.3. The van der Waals surface area contributed by atoms with Gasteiger partial charge in [-0.15, -0.1) is 0 Å². The van der Waals surface area contributed by atoms with Gasteiger partial charge < -0.3 is 16.0 Å². The molecule has 0 fully saturated rings. The molecule has 2 aromatic carbocycles. The molecule has 1 aliphatic heterocycles. The second-order valence-electron chi connectivity index (χ2n) is 6.43. The lowest BCUT2D eigenvalue weighted by Gasteiger charge is -2.27. The van der Waals surface area contributed by atoms with Gasteiger partial charge in [0, 0.05) is 5.69 Å². The highest BCUT2D eigenvalue weighted by Crippen LogP contribution is 2.37. The van der Waals surface area contributed by atoms with E-state index in [-0.39, 0.29) is 11.0 Å². The molecule has 3 N–H and O–H groups in total. The number of nitrogens with one attached hydrogen (secondary N) is 1. The number of amides is 1. The Morgan fingerprint density at radius 3 is 2.52 bits per heavy atom. The van der Waals surface area contributed by atoms with Crippen LogP contribution in [0.15, 0.2) is 42.5 Å². The van der Waals surface area contributed by atoms with Crippen molar-refractivity contribution in [1.29, 1.82) is 0 Å². The molecule has 1 heterocycles. The first-order valence-electron chi connectivity index (χ1n) is 8.20. The van der Waals surface area contributed by atoms with Gasteiger partial charge in [-0.05, 0) is 68.5 Å². The summed E-state index contributed by atoms with van der Waals surface area (Å²) in [5.74, 6) is 0.0353. The summed E-state index contributed by atoms with van der Waals surface area (Å²) >= 11 is 4.94. The van der Waals surface area contributed by atoms with E-state index in [1.54, 1.807) is 0 Å². The molecular weight excluding hydrogens is 332 g/mol. The highest BCUT2D eigenvalue weighted by Gasteiger charge is 2.26. The number of rotatable bonds is 3. The molecule has 5 nitrogen and oxygen atoms in total. The van der Waals surface area contributed by atoms with E-state index in [0.717, 1.165) is 35.5 Å². The lowest BCUT2D eigenvalue weighted by Crippen LogP contribution is -2.35. The van der Waals surface area contributed by atoms with Crippen molar-refractivity contribution in [3.8, 4) is 0 Å². The molecule has 1 amide bonds. The van der Waals surface area contributed by atoms with Crippen molar-refractivity contribution in [1.82, 2.24) is 4.90 Å². The molecule has 2 aromatic rings. The topological polar surface area (TPSA) is 61.6 Å². The van der Waals surface area contributed by atoms with E-state index in [2.05, 4.69) is 11.4 Å². The van der Waals surface area contributed by atoms with E-state index >= 15 is 0 Å². The van der Waals surface area contributed by atoms with Crippen molar-refractivity contribution >= 4 is 40.3 Å². The number of thiocarbonyl (C=S) groups is 1. The smallest absolute Gasteiger partial charge is 0.245 e. The predicted molar refractivity (Wildman–Crippen MR) is 106 cm³/mol. The normalized spacial score (nSPS) is 13.0. The first kappa shape index (κ1) is 17.4. The van der Waals surface area contributed by atoms with Crippen molar-refractivity contribution in [3.63, 3.8) is 0 Å². The van der Waals surface area contributed by atoms with E-state index < -0.39 is 0 Å².